The largest absolute Gasteiger partial charge is 0.494 e. The van der Waals surface area contributed by atoms with E-state index in [4.69, 9.17) is 15.2 Å². The van der Waals surface area contributed by atoms with E-state index in [2.05, 4.69) is 19.2 Å². The number of nitrogens with one attached hydrogen (secondary N) is 1. The van der Waals surface area contributed by atoms with Gasteiger partial charge in [0.25, 0.3) is 0 Å². The van der Waals surface area contributed by atoms with Crippen LogP contribution >= 0.6 is 0 Å². The van der Waals surface area contributed by atoms with Gasteiger partial charge in [0.2, 0.25) is 0 Å². The third-order valence-electron chi connectivity index (χ3n) is 2.99. The van der Waals surface area contributed by atoms with Gasteiger partial charge in [-0.25, -0.2) is 0 Å². The summed E-state index contributed by atoms with van der Waals surface area (Å²) >= 11 is 0. The van der Waals surface area contributed by atoms with Crippen LogP contribution < -0.4 is 15.8 Å². The number of nitrogen functional groups attached to an aromatic ring is 1. The highest BCUT2D eigenvalue weighted by atomic mass is 16.5. The molecule has 0 amide bonds. The van der Waals surface area contributed by atoms with Crippen molar-refractivity contribution < 1.29 is 9.47 Å². The number of nitrogens with two attached hydrogens (primary N) is 1. The normalized spacial score (nSPS) is 11.4. The molecule has 0 bridgehead atoms. The highest BCUT2D eigenvalue weighted by Gasteiger charge is 2.17. The Hall–Kier alpha value is -1.42. The standard InChI is InChI=1S/C15H26N2O2/c1-5-19-14-9-12(16)8-13(10-14)17-11-15(2,3)6-7-18-4/h8-10,17H,5-7,11,16H2,1-4H3. The first-order valence-electron chi connectivity index (χ1n) is 6.73. The fourth-order valence-electron chi connectivity index (χ4n) is 1.78. The molecule has 0 unspecified atom stereocenters. The van der Waals surface area contributed by atoms with E-state index < -0.39 is 0 Å². The minimum atomic E-state index is 0.173. The molecular formula is C15H26N2O2. The van der Waals surface area contributed by atoms with Crippen molar-refractivity contribution in [1.82, 2.24) is 0 Å². The smallest absolute Gasteiger partial charge is 0.123 e. The zero-order valence-electron chi connectivity index (χ0n) is 12.5. The maximum absolute atomic E-state index is 5.87. The van der Waals surface area contributed by atoms with Gasteiger partial charge in [-0.05, 0) is 24.8 Å². The SMILES string of the molecule is CCOc1cc(N)cc(NCC(C)(C)CCOC)c1. The van der Waals surface area contributed by atoms with Crippen LogP contribution in [0.15, 0.2) is 18.2 Å². The van der Waals surface area contributed by atoms with Gasteiger partial charge in [-0.3, -0.25) is 0 Å². The van der Waals surface area contributed by atoms with Crippen LogP contribution in [0, 0.1) is 5.41 Å². The summed E-state index contributed by atoms with van der Waals surface area (Å²) in [5, 5.41) is 3.42. The minimum absolute atomic E-state index is 0.173. The van der Waals surface area contributed by atoms with Gasteiger partial charge in [0, 0.05) is 43.8 Å². The van der Waals surface area contributed by atoms with E-state index >= 15 is 0 Å². The molecule has 0 fully saturated rings. The van der Waals surface area contributed by atoms with Crippen LogP contribution in [0.4, 0.5) is 11.4 Å². The summed E-state index contributed by atoms with van der Waals surface area (Å²) < 4.78 is 10.6. The van der Waals surface area contributed by atoms with Crippen molar-refractivity contribution in [1.29, 1.82) is 0 Å². The molecule has 0 aromatic heterocycles. The summed E-state index contributed by atoms with van der Waals surface area (Å²) in [6.45, 7) is 8.68. The predicted molar refractivity (Wildman–Crippen MR) is 80.8 cm³/mol. The highest BCUT2D eigenvalue weighted by Crippen LogP contribution is 2.25. The third kappa shape index (κ3) is 5.83. The zero-order chi connectivity index (χ0) is 14.3. The maximum atomic E-state index is 5.87. The van der Waals surface area contributed by atoms with Crippen LogP contribution in [-0.2, 0) is 4.74 Å². The molecule has 0 radical (unpaired) electrons. The Kier molecular flexibility index (Phi) is 5.96. The van der Waals surface area contributed by atoms with Crippen molar-refractivity contribution in [3.8, 4) is 5.75 Å². The predicted octanol–water partition coefficient (Wildman–Crippen LogP) is 3.14. The summed E-state index contributed by atoms with van der Waals surface area (Å²) in [7, 11) is 1.73. The molecule has 0 atom stereocenters. The number of rotatable bonds is 8. The molecule has 1 rings (SSSR count). The van der Waals surface area contributed by atoms with Gasteiger partial charge >= 0.3 is 0 Å². The number of benzene rings is 1. The lowest BCUT2D eigenvalue weighted by Gasteiger charge is -2.25. The summed E-state index contributed by atoms with van der Waals surface area (Å²) in [5.74, 6) is 0.805. The lowest BCUT2D eigenvalue weighted by molar-refractivity contribution is 0.157. The van der Waals surface area contributed by atoms with Crippen LogP contribution in [-0.4, -0.2) is 26.9 Å². The van der Waals surface area contributed by atoms with Crippen molar-refractivity contribution in [3.63, 3.8) is 0 Å². The fraction of sp³-hybridized carbons (Fsp3) is 0.600. The monoisotopic (exact) mass is 266 g/mol. The van der Waals surface area contributed by atoms with E-state index in [0.717, 1.165) is 31.0 Å². The molecule has 19 heavy (non-hydrogen) atoms. The molecule has 0 heterocycles. The molecule has 108 valence electrons. The van der Waals surface area contributed by atoms with Gasteiger partial charge < -0.3 is 20.5 Å². The minimum Gasteiger partial charge on any atom is -0.494 e. The van der Waals surface area contributed by atoms with Gasteiger partial charge in [0.15, 0.2) is 0 Å². The Morgan fingerprint density at radius 2 is 2.00 bits per heavy atom. The van der Waals surface area contributed by atoms with Crippen LogP contribution in [0.5, 0.6) is 5.75 Å². The zero-order valence-corrected chi connectivity index (χ0v) is 12.5. The molecule has 1 aromatic rings. The Morgan fingerprint density at radius 3 is 2.63 bits per heavy atom. The number of anilines is 2. The van der Waals surface area contributed by atoms with E-state index in [1.165, 1.54) is 0 Å². The second kappa shape index (κ2) is 7.24. The Bertz CT molecular complexity index is 392. The van der Waals surface area contributed by atoms with Gasteiger partial charge in [-0.2, -0.15) is 0 Å². The molecule has 0 saturated heterocycles. The first-order chi connectivity index (χ1) is 8.96. The van der Waals surface area contributed by atoms with E-state index in [1.54, 1.807) is 7.11 Å². The summed E-state index contributed by atoms with van der Waals surface area (Å²) in [5.41, 5.74) is 7.75. The molecule has 0 aliphatic rings. The number of hydrogen-bond donors (Lipinski definition) is 2. The molecule has 4 heteroatoms. The maximum Gasteiger partial charge on any atom is 0.123 e. The first kappa shape index (κ1) is 15.6. The van der Waals surface area contributed by atoms with E-state index in [0.29, 0.717) is 12.3 Å². The van der Waals surface area contributed by atoms with Crippen LogP contribution in [0.2, 0.25) is 0 Å². The lowest BCUT2D eigenvalue weighted by Crippen LogP contribution is -2.24. The van der Waals surface area contributed by atoms with E-state index in [9.17, 15) is 0 Å². The Balaban J connectivity index is 2.61. The van der Waals surface area contributed by atoms with Crippen molar-refractivity contribution in [2.24, 2.45) is 5.41 Å². The number of methoxy groups -OCH3 is 1. The molecule has 0 aliphatic heterocycles. The lowest BCUT2D eigenvalue weighted by atomic mass is 9.89. The van der Waals surface area contributed by atoms with Crippen molar-refractivity contribution in [2.75, 3.05) is 37.9 Å². The molecule has 4 nitrogen and oxygen atoms in total. The van der Waals surface area contributed by atoms with Gasteiger partial charge in [-0.15, -0.1) is 0 Å². The highest BCUT2D eigenvalue weighted by molar-refractivity contribution is 5.59. The quantitative estimate of drug-likeness (QED) is 0.710. The topological polar surface area (TPSA) is 56.5 Å². The second-order valence-corrected chi connectivity index (χ2v) is 5.48. The van der Waals surface area contributed by atoms with Gasteiger partial charge in [0.05, 0.1) is 6.61 Å². The van der Waals surface area contributed by atoms with Crippen molar-refractivity contribution in [2.45, 2.75) is 27.2 Å². The van der Waals surface area contributed by atoms with Crippen LogP contribution in [0.25, 0.3) is 0 Å². The first-order valence-corrected chi connectivity index (χ1v) is 6.73. The summed E-state index contributed by atoms with van der Waals surface area (Å²) in [4.78, 5) is 0. The average Bonchev–Trinajstić information content (AvgIpc) is 2.34. The van der Waals surface area contributed by atoms with Crippen LogP contribution in [0.3, 0.4) is 0 Å². The molecule has 0 aliphatic carbocycles. The van der Waals surface area contributed by atoms with Crippen molar-refractivity contribution >= 4 is 11.4 Å². The molecule has 0 saturated carbocycles. The van der Waals surface area contributed by atoms with Gasteiger partial charge in [0.1, 0.15) is 5.75 Å². The third-order valence-corrected chi connectivity index (χ3v) is 2.99. The Morgan fingerprint density at radius 1 is 1.26 bits per heavy atom. The van der Waals surface area contributed by atoms with Gasteiger partial charge in [-0.1, -0.05) is 13.8 Å². The molecular weight excluding hydrogens is 240 g/mol. The number of hydrogen-bond acceptors (Lipinski definition) is 4. The number of ether oxygens (including phenoxy) is 2. The Labute approximate surface area is 116 Å². The average molecular weight is 266 g/mol. The van der Waals surface area contributed by atoms with E-state index in [1.807, 2.05) is 25.1 Å². The fourth-order valence-corrected chi connectivity index (χ4v) is 1.78. The molecule has 1 aromatic carbocycles. The van der Waals surface area contributed by atoms with Crippen LogP contribution in [0.1, 0.15) is 27.2 Å². The van der Waals surface area contributed by atoms with E-state index in [-0.39, 0.29) is 5.41 Å². The molecule has 0 spiro atoms. The summed E-state index contributed by atoms with van der Waals surface area (Å²) in [6, 6.07) is 5.74. The van der Waals surface area contributed by atoms with Crippen molar-refractivity contribution in [3.05, 3.63) is 18.2 Å². The summed E-state index contributed by atoms with van der Waals surface area (Å²) in [6.07, 6.45) is 1.01. The molecule has 3 N–H and O–H groups in total. The second-order valence-electron chi connectivity index (χ2n) is 5.48.